The summed E-state index contributed by atoms with van der Waals surface area (Å²) in [4.78, 5) is 11.9. The predicted octanol–water partition coefficient (Wildman–Crippen LogP) is 5.69. The summed E-state index contributed by atoms with van der Waals surface area (Å²) < 4.78 is 21.6. The Morgan fingerprint density at radius 3 is 2.86 bits per heavy atom. The fourth-order valence-corrected chi connectivity index (χ4v) is 4.42. The van der Waals surface area contributed by atoms with E-state index in [2.05, 4.69) is 42.4 Å². The van der Waals surface area contributed by atoms with E-state index in [1.807, 2.05) is 19.2 Å². The average Bonchev–Trinajstić information content (AvgIpc) is 3.51. The molecule has 4 rings (SSSR count). The normalized spacial score (nSPS) is 13.2. The smallest absolute Gasteiger partial charge is 0.161 e. The molecule has 0 fully saturated rings. The van der Waals surface area contributed by atoms with Crippen LogP contribution in [0.3, 0.4) is 0 Å². The van der Waals surface area contributed by atoms with Crippen LogP contribution in [0.5, 0.6) is 0 Å². The molecular formula is C28H35FN6O. The van der Waals surface area contributed by atoms with Crippen molar-refractivity contribution in [2.75, 3.05) is 18.6 Å². The van der Waals surface area contributed by atoms with Gasteiger partial charge >= 0.3 is 0 Å². The minimum atomic E-state index is -0.301. The Hall–Kier alpha value is -3.55. The van der Waals surface area contributed by atoms with E-state index in [9.17, 15) is 4.39 Å². The first-order valence-corrected chi connectivity index (χ1v) is 12.6. The molecule has 190 valence electrons. The van der Waals surface area contributed by atoms with Crippen molar-refractivity contribution in [2.24, 2.45) is 5.92 Å². The van der Waals surface area contributed by atoms with Gasteiger partial charge in [-0.1, -0.05) is 33.4 Å². The lowest BCUT2D eigenvalue weighted by Gasteiger charge is -2.22. The van der Waals surface area contributed by atoms with E-state index < -0.39 is 0 Å². The molecule has 2 heterocycles. The molecule has 0 amide bonds. The first-order chi connectivity index (χ1) is 17.4. The molecule has 3 aromatic rings. The van der Waals surface area contributed by atoms with Crippen molar-refractivity contribution in [3.8, 4) is 5.69 Å². The van der Waals surface area contributed by atoms with E-state index in [4.69, 9.17) is 14.7 Å². The number of allylic oxidation sites excluding steroid dienone is 3. The number of hydrogen-bond donors (Lipinski definition) is 0. The topological polar surface area (TPSA) is 69.0 Å². The maximum absolute atomic E-state index is 13.8. The summed E-state index contributed by atoms with van der Waals surface area (Å²) in [6.07, 6.45) is 8.29. The molecule has 0 aliphatic heterocycles. The van der Waals surface area contributed by atoms with Crippen molar-refractivity contribution in [3.05, 3.63) is 77.7 Å². The number of fused-ring (bicyclic) bond motifs is 1. The highest BCUT2D eigenvalue weighted by Crippen LogP contribution is 2.31. The van der Waals surface area contributed by atoms with Gasteiger partial charge in [0, 0.05) is 30.3 Å². The maximum atomic E-state index is 13.8. The van der Waals surface area contributed by atoms with Crippen LogP contribution in [0.1, 0.15) is 62.9 Å². The summed E-state index contributed by atoms with van der Waals surface area (Å²) >= 11 is 0. The van der Waals surface area contributed by atoms with Gasteiger partial charge in [0.25, 0.3) is 0 Å². The zero-order valence-electron chi connectivity index (χ0n) is 21.7. The van der Waals surface area contributed by atoms with Gasteiger partial charge in [0.1, 0.15) is 18.0 Å². The summed E-state index contributed by atoms with van der Waals surface area (Å²) in [7, 11) is 1.99. The summed E-state index contributed by atoms with van der Waals surface area (Å²) in [6.45, 7) is 11.9. The van der Waals surface area contributed by atoms with Gasteiger partial charge in [-0.25, -0.2) is 14.4 Å². The van der Waals surface area contributed by atoms with Crippen molar-refractivity contribution in [1.82, 2.24) is 24.7 Å². The Morgan fingerprint density at radius 2 is 2.11 bits per heavy atom. The molecule has 8 heteroatoms. The van der Waals surface area contributed by atoms with Crippen LogP contribution in [0, 0.1) is 11.7 Å². The van der Waals surface area contributed by atoms with E-state index in [0.29, 0.717) is 36.4 Å². The third-order valence-electron chi connectivity index (χ3n) is 6.08. The summed E-state index contributed by atoms with van der Waals surface area (Å²) in [6, 6.07) is 6.41. The number of rotatable bonds is 11. The van der Waals surface area contributed by atoms with Crippen molar-refractivity contribution in [1.29, 1.82) is 0 Å². The standard InChI is InChI=1S/C28H35FN6O/c1-6-13-36-23(14-19(2)3)15-20(4)27-31-25-12-8-11-24(25)28(32-27)34(5)17-26-33-30-18-35(26)22-10-7-9-21(29)16-22/h7,9-10,15-16,18-19H,4,6,8,11-14,17H2,1-3,5H3/b23-15+. The number of nitrogens with zero attached hydrogens (tertiary/aromatic N) is 6. The molecular weight excluding hydrogens is 455 g/mol. The molecule has 0 saturated heterocycles. The van der Waals surface area contributed by atoms with Gasteiger partial charge in [0.15, 0.2) is 11.6 Å². The SMILES string of the molecule is C=C(/C=C(\CC(C)C)OCCC)c1nc2c(c(N(C)Cc3nncn3-c3cccc(F)c3)n1)CCC2. The predicted molar refractivity (Wildman–Crippen MR) is 140 cm³/mol. The molecule has 1 aromatic carbocycles. The lowest BCUT2D eigenvalue weighted by Crippen LogP contribution is -2.23. The highest BCUT2D eigenvalue weighted by Gasteiger charge is 2.23. The molecule has 0 N–H and O–H groups in total. The van der Waals surface area contributed by atoms with Gasteiger partial charge in [0.2, 0.25) is 0 Å². The minimum absolute atomic E-state index is 0.301. The van der Waals surface area contributed by atoms with Gasteiger partial charge in [-0.05, 0) is 55.9 Å². The van der Waals surface area contributed by atoms with Gasteiger partial charge in [-0.15, -0.1) is 10.2 Å². The van der Waals surface area contributed by atoms with E-state index in [0.717, 1.165) is 54.9 Å². The van der Waals surface area contributed by atoms with Gasteiger partial charge in [0.05, 0.1) is 24.6 Å². The van der Waals surface area contributed by atoms with Crippen LogP contribution in [0.25, 0.3) is 11.3 Å². The van der Waals surface area contributed by atoms with Gasteiger partial charge < -0.3 is 9.64 Å². The number of anilines is 1. The monoisotopic (exact) mass is 490 g/mol. The lowest BCUT2D eigenvalue weighted by molar-refractivity contribution is 0.195. The quantitative estimate of drug-likeness (QED) is 0.254. The van der Waals surface area contributed by atoms with Crippen LogP contribution in [0.4, 0.5) is 10.2 Å². The largest absolute Gasteiger partial charge is 0.498 e. The second-order valence-corrected chi connectivity index (χ2v) is 9.69. The van der Waals surface area contributed by atoms with Gasteiger partial charge in [-0.3, -0.25) is 4.57 Å². The molecule has 1 aliphatic rings. The van der Waals surface area contributed by atoms with E-state index in [1.54, 1.807) is 17.0 Å². The Morgan fingerprint density at radius 1 is 1.28 bits per heavy atom. The lowest BCUT2D eigenvalue weighted by atomic mass is 10.1. The molecule has 0 radical (unpaired) electrons. The average molecular weight is 491 g/mol. The van der Waals surface area contributed by atoms with E-state index in [-0.39, 0.29) is 5.82 Å². The van der Waals surface area contributed by atoms with Gasteiger partial charge in [-0.2, -0.15) is 0 Å². The van der Waals surface area contributed by atoms with Crippen molar-refractivity contribution >= 4 is 11.4 Å². The molecule has 2 aromatic heterocycles. The number of aryl methyl sites for hydroxylation is 1. The number of hydrogen-bond acceptors (Lipinski definition) is 6. The van der Waals surface area contributed by atoms with Crippen LogP contribution in [-0.4, -0.2) is 38.4 Å². The van der Waals surface area contributed by atoms with Crippen LogP contribution >= 0.6 is 0 Å². The third kappa shape index (κ3) is 5.98. The minimum Gasteiger partial charge on any atom is -0.498 e. The summed E-state index contributed by atoms with van der Waals surface area (Å²) in [5.41, 5.74) is 3.66. The van der Waals surface area contributed by atoms with E-state index >= 15 is 0 Å². The first-order valence-electron chi connectivity index (χ1n) is 12.6. The first kappa shape index (κ1) is 25.5. The second kappa shape index (κ2) is 11.5. The number of ether oxygens (including phenoxy) is 1. The Balaban J connectivity index is 1.63. The molecule has 0 bridgehead atoms. The fraction of sp³-hybridized carbons (Fsp3) is 0.429. The molecule has 0 unspecified atom stereocenters. The number of halogens is 1. The van der Waals surface area contributed by atoms with E-state index in [1.165, 1.54) is 17.7 Å². The molecule has 0 atom stereocenters. The Bertz CT molecular complexity index is 1250. The highest BCUT2D eigenvalue weighted by atomic mass is 19.1. The Labute approximate surface area is 212 Å². The molecule has 0 saturated carbocycles. The Kier molecular flexibility index (Phi) is 8.13. The van der Waals surface area contributed by atoms with Crippen LogP contribution in [-0.2, 0) is 24.1 Å². The molecule has 1 aliphatic carbocycles. The van der Waals surface area contributed by atoms with Crippen molar-refractivity contribution < 1.29 is 9.13 Å². The van der Waals surface area contributed by atoms with Crippen molar-refractivity contribution in [3.63, 3.8) is 0 Å². The molecule has 36 heavy (non-hydrogen) atoms. The number of aromatic nitrogens is 5. The number of benzene rings is 1. The molecule has 0 spiro atoms. The third-order valence-corrected chi connectivity index (χ3v) is 6.08. The zero-order chi connectivity index (χ0) is 25.7. The van der Waals surface area contributed by atoms with Crippen molar-refractivity contribution in [2.45, 2.75) is 59.4 Å². The summed E-state index contributed by atoms with van der Waals surface area (Å²) in [5.74, 6) is 3.27. The second-order valence-electron chi connectivity index (χ2n) is 9.69. The zero-order valence-corrected chi connectivity index (χ0v) is 21.7. The van der Waals surface area contributed by atoms with Crippen LogP contribution in [0.15, 0.2) is 49.0 Å². The van der Waals surface area contributed by atoms with Crippen LogP contribution < -0.4 is 4.90 Å². The fourth-order valence-electron chi connectivity index (χ4n) is 4.42. The maximum Gasteiger partial charge on any atom is 0.161 e. The highest BCUT2D eigenvalue weighted by molar-refractivity contribution is 5.69. The van der Waals surface area contributed by atoms with Crippen LogP contribution in [0.2, 0.25) is 0 Å². The molecule has 7 nitrogen and oxygen atoms in total. The summed E-state index contributed by atoms with van der Waals surface area (Å²) in [5, 5.41) is 8.37.